The molecule has 2 amide bonds. The van der Waals surface area contributed by atoms with E-state index in [0.717, 1.165) is 57.6 Å². The van der Waals surface area contributed by atoms with Crippen molar-refractivity contribution in [1.29, 1.82) is 0 Å². The molecule has 8 aromatic rings. The van der Waals surface area contributed by atoms with E-state index < -0.39 is 0 Å². The summed E-state index contributed by atoms with van der Waals surface area (Å²) >= 11 is 0. The van der Waals surface area contributed by atoms with Gasteiger partial charge in [0, 0.05) is 21.9 Å². The molecule has 3 nitrogen and oxygen atoms in total. The Bertz CT molecular complexity index is 3000. The van der Waals surface area contributed by atoms with Crippen molar-refractivity contribution < 1.29 is 9.59 Å². The smallest absolute Gasteiger partial charge is 0.266 e. The highest BCUT2D eigenvalue weighted by molar-refractivity contribution is 6.50. The fourth-order valence-corrected chi connectivity index (χ4v) is 13.6. The van der Waals surface area contributed by atoms with E-state index in [2.05, 4.69) is 109 Å². The van der Waals surface area contributed by atoms with E-state index in [0.29, 0.717) is 11.1 Å². The van der Waals surface area contributed by atoms with Gasteiger partial charge in [0.05, 0.1) is 5.69 Å². The first-order valence-corrected chi connectivity index (χ1v) is 30.4. The van der Waals surface area contributed by atoms with Crippen LogP contribution in [0, 0.1) is 0 Å². The number of hydrogen-bond donors (Lipinski definition) is 0. The number of carbonyl (C=O) groups excluding carboxylic acids is 2. The van der Waals surface area contributed by atoms with Crippen molar-refractivity contribution in [2.24, 2.45) is 0 Å². The van der Waals surface area contributed by atoms with Crippen molar-refractivity contribution >= 4 is 82.1 Å². The Balaban J connectivity index is 1.21. The molecule has 1 heterocycles. The molecule has 8 aromatic carbocycles. The molecule has 0 unspecified atom stereocenters. The van der Waals surface area contributed by atoms with Crippen LogP contribution >= 0.6 is 0 Å². The van der Waals surface area contributed by atoms with Crippen LogP contribution in [0.15, 0.2) is 60.7 Å². The summed E-state index contributed by atoms with van der Waals surface area (Å²) in [7, 11) is 0. The second-order valence-corrected chi connectivity index (χ2v) is 23.7. The topological polar surface area (TPSA) is 37.4 Å². The molecule has 388 valence electrons. The minimum absolute atomic E-state index is 0.140. The molecule has 1 aliphatic rings. The molecule has 3 heteroatoms. The minimum Gasteiger partial charge on any atom is -0.268 e. The van der Waals surface area contributed by atoms with Gasteiger partial charge in [0.2, 0.25) is 0 Å². The molecule has 0 spiro atoms. The standard InChI is InChI=1S/C70H91NO2/c1-8-11-14-17-20-23-24-27-30-33-37-51-44-58-50(36-32-29-26-22-19-16-13-10-3)43-53-46-60-63-59(69(72)71(70(60)73)68-54(47(4)5)38-34-39-55(68)48(6)7)45-52-42-49(35-31-28-25-21-18-15-12-9-2)56-40-41-57(51)65-64(56)61(52)67(63)62(53)66(58)65/h34,38-48H,8-33,35-37H2,1-7H3. The van der Waals surface area contributed by atoms with Crippen molar-refractivity contribution in [3.8, 4) is 0 Å². The fraction of sp³-hybridized carbons (Fsp3) is 0.543. The van der Waals surface area contributed by atoms with E-state index in [4.69, 9.17) is 0 Å². The minimum atomic E-state index is -0.183. The Kier molecular flexibility index (Phi) is 18.0. The second kappa shape index (κ2) is 24.7. The molecule has 9 rings (SSSR count). The summed E-state index contributed by atoms with van der Waals surface area (Å²) in [5.74, 6) is -0.0875. The van der Waals surface area contributed by atoms with Crippen LogP contribution in [0.5, 0.6) is 0 Å². The van der Waals surface area contributed by atoms with Crippen LogP contribution in [-0.4, -0.2) is 11.8 Å². The van der Waals surface area contributed by atoms with Gasteiger partial charge in [0.15, 0.2) is 0 Å². The van der Waals surface area contributed by atoms with E-state index in [1.54, 1.807) is 4.90 Å². The third-order valence-corrected chi connectivity index (χ3v) is 17.5. The van der Waals surface area contributed by atoms with Crippen LogP contribution in [0.4, 0.5) is 5.69 Å². The van der Waals surface area contributed by atoms with Crippen molar-refractivity contribution in [2.45, 2.75) is 247 Å². The normalized spacial score (nSPS) is 13.4. The lowest BCUT2D eigenvalue weighted by atomic mass is 9.76. The summed E-state index contributed by atoms with van der Waals surface area (Å²) in [5, 5.41) is 15.2. The number of para-hydroxylation sites is 1. The van der Waals surface area contributed by atoms with Gasteiger partial charge in [-0.25, -0.2) is 4.90 Å². The molecule has 0 aliphatic carbocycles. The van der Waals surface area contributed by atoms with E-state index in [9.17, 15) is 0 Å². The molecule has 0 aromatic heterocycles. The summed E-state index contributed by atoms with van der Waals surface area (Å²) < 4.78 is 0. The molecule has 73 heavy (non-hydrogen) atoms. The zero-order valence-corrected chi connectivity index (χ0v) is 46.7. The number of carbonyl (C=O) groups is 2. The summed E-state index contributed by atoms with van der Waals surface area (Å²) in [6, 6.07) is 23.3. The average molecular weight is 979 g/mol. The zero-order valence-electron chi connectivity index (χ0n) is 46.7. The van der Waals surface area contributed by atoms with Crippen molar-refractivity contribution in [2.75, 3.05) is 4.90 Å². The van der Waals surface area contributed by atoms with Crippen LogP contribution in [0.1, 0.15) is 276 Å². The van der Waals surface area contributed by atoms with Gasteiger partial charge in [-0.05, 0) is 144 Å². The fourth-order valence-electron chi connectivity index (χ4n) is 13.6. The van der Waals surface area contributed by atoms with Crippen LogP contribution in [0.2, 0.25) is 0 Å². The Morgan fingerprint density at radius 1 is 0.356 bits per heavy atom. The first-order chi connectivity index (χ1) is 35.7. The van der Waals surface area contributed by atoms with Crippen molar-refractivity contribution in [3.63, 3.8) is 0 Å². The van der Waals surface area contributed by atoms with E-state index in [1.807, 2.05) is 0 Å². The van der Waals surface area contributed by atoms with Gasteiger partial charge in [0.25, 0.3) is 11.8 Å². The van der Waals surface area contributed by atoms with Gasteiger partial charge in [-0.2, -0.15) is 0 Å². The van der Waals surface area contributed by atoms with Crippen molar-refractivity contribution in [3.05, 3.63) is 99.6 Å². The predicted molar refractivity (Wildman–Crippen MR) is 319 cm³/mol. The molecular formula is C70H91NO2. The average Bonchev–Trinajstić information content (AvgIpc) is 3.39. The van der Waals surface area contributed by atoms with Crippen LogP contribution < -0.4 is 4.90 Å². The number of unbranched alkanes of at least 4 members (excludes halogenated alkanes) is 23. The number of amides is 2. The highest BCUT2D eigenvalue weighted by Crippen LogP contribution is 2.54. The molecule has 0 saturated heterocycles. The summed E-state index contributed by atoms with van der Waals surface area (Å²) in [4.78, 5) is 32.9. The maximum Gasteiger partial charge on any atom is 0.266 e. The first-order valence-electron chi connectivity index (χ1n) is 30.4. The Labute approximate surface area is 440 Å². The lowest BCUT2D eigenvalue weighted by molar-refractivity contribution is 0.0893. The van der Waals surface area contributed by atoms with Crippen LogP contribution in [0.25, 0.3) is 64.6 Å². The van der Waals surface area contributed by atoms with Gasteiger partial charge >= 0.3 is 0 Å². The first kappa shape index (κ1) is 53.1. The Hall–Kier alpha value is -4.76. The number of anilines is 1. The Morgan fingerprint density at radius 3 is 1.10 bits per heavy atom. The molecule has 0 bridgehead atoms. The van der Waals surface area contributed by atoms with Gasteiger partial charge < -0.3 is 0 Å². The molecule has 0 atom stereocenters. The molecule has 0 N–H and O–H groups in total. The number of aryl methyl sites for hydroxylation is 3. The maximum absolute atomic E-state index is 15.6. The quantitative estimate of drug-likeness (QED) is 0.0182. The summed E-state index contributed by atoms with van der Waals surface area (Å²) in [6.07, 6.45) is 37.3. The monoisotopic (exact) mass is 978 g/mol. The number of imide groups is 1. The van der Waals surface area contributed by atoms with Crippen molar-refractivity contribution in [1.82, 2.24) is 0 Å². The lowest BCUT2D eigenvalue weighted by Crippen LogP contribution is -2.42. The lowest BCUT2D eigenvalue weighted by Gasteiger charge is -2.34. The highest BCUT2D eigenvalue weighted by Gasteiger charge is 2.39. The third-order valence-electron chi connectivity index (χ3n) is 17.5. The van der Waals surface area contributed by atoms with Crippen LogP contribution in [-0.2, 0) is 19.3 Å². The van der Waals surface area contributed by atoms with Gasteiger partial charge in [-0.3, -0.25) is 9.59 Å². The maximum atomic E-state index is 15.6. The summed E-state index contributed by atoms with van der Waals surface area (Å²) in [6.45, 7) is 15.6. The second-order valence-electron chi connectivity index (χ2n) is 23.7. The molecule has 0 saturated carbocycles. The number of nitrogens with zero attached hydrogens (tertiary/aromatic N) is 1. The molecular weight excluding hydrogens is 887 g/mol. The third kappa shape index (κ3) is 10.9. The number of rotatable bonds is 32. The van der Waals surface area contributed by atoms with E-state index >= 15 is 9.59 Å². The number of hydrogen-bond acceptors (Lipinski definition) is 2. The predicted octanol–water partition coefficient (Wildman–Crippen LogP) is 21.8. The highest BCUT2D eigenvalue weighted by atomic mass is 16.2. The van der Waals surface area contributed by atoms with Gasteiger partial charge in [-0.15, -0.1) is 0 Å². The largest absolute Gasteiger partial charge is 0.268 e. The van der Waals surface area contributed by atoms with E-state index in [-0.39, 0.29) is 23.7 Å². The SMILES string of the molecule is CCCCCCCCCCCCc1cc2c(CCCCCCCCCC)cc3cc4c5c(cc6cc(CCCCCCCCCC)c7ccc1c1c7c6c5c3c21)C(=O)N(c1c(C(C)C)cccc1C(C)C)C4=O. The molecule has 0 fully saturated rings. The molecule has 0 radical (unpaired) electrons. The summed E-state index contributed by atoms with van der Waals surface area (Å²) in [5.41, 5.74) is 8.57. The van der Waals surface area contributed by atoms with E-state index in [1.165, 1.54) is 227 Å². The van der Waals surface area contributed by atoms with Gasteiger partial charge in [0.1, 0.15) is 0 Å². The van der Waals surface area contributed by atoms with Gasteiger partial charge in [-0.1, -0.05) is 245 Å². The zero-order chi connectivity index (χ0) is 51.0. The van der Waals surface area contributed by atoms with Crippen LogP contribution in [0.3, 0.4) is 0 Å². The number of benzene rings is 8. The molecule has 1 aliphatic heterocycles. The Morgan fingerprint density at radius 2 is 0.699 bits per heavy atom.